The van der Waals surface area contributed by atoms with Gasteiger partial charge in [0.05, 0.1) is 12.4 Å². The van der Waals surface area contributed by atoms with Crippen LogP contribution in [0.5, 0.6) is 0 Å². The fourth-order valence-electron chi connectivity index (χ4n) is 2.24. The third-order valence-electron chi connectivity index (χ3n) is 3.61. The van der Waals surface area contributed by atoms with E-state index < -0.39 is 0 Å². The van der Waals surface area contributed by atoms with Crippen LogP contribution in [0.4, 0.5) is 0 Å². The molecule has 0 aliphatic rings. The number of hydrogen-bond donors (Lipinski definition) is 1. The van der Waals surface area contributed by atoms with Gasteiger partial charge in [0, 0.05) is 13.0 Å². The first-order valence-electron chi connectivity index (χ1n) is 8.59. The highest BCUT2D eigenvalue weighted by molar-refractivity contribution is 5.75. The fourth-order valence-corrected chi connectivity index (χ4v) is 2.24. The van der Waals surface area contributed by atoms with E-state index in [1.165, 1.54) is 38.5 Å². The van der Waals surface area contributed by atoms with Crippen LogP contribution in [0.25, 0.3) is 0 Å². The SMILES string of the molecule is CCCCCCC(CC)CCC(=O)NCC.c1cnnnc1. The third kappa shape index (κ3) is 13.5. The average molecular weight is 308 g/mol. The van der Waals surface area contributed by atoms with Gasteiger partial charge in [0.25, 0.3) is 0 Å². The molecule has 22 heavy (non-hydrogen) atoms. The van der Waals surface area contributed by atoms with Crippen molar-refractivity contribution in [1.82, 2.24) is 20.7 Å². The molecule has 1 amide bonds. The van der Waals surface area contributed by atoms with Crippen LogP contribution in [0.15, 0.2) is 18.5 Å². The van der Waals surface area contributed by atoms with E-state index in [0.29, 0.717) is 6.42 Å². The van der Waals surface area contributed by atoms with E-state index in [1.54, 1.807) is 18.5 Å². The molecular formula is C17H32N4O. The maximum atomic E-state index is 11.3. The molecule has 5 nitrogen and oxygen atoms in total. The van der Waals surface area contributed by atoms with E-state index in [-0.39, 0.29) is 5.91 Å². The minimum absolute atomic E-state index is 0.217. The number of amides is 1. The summed E-state index contributed by atoms with van der Waals surface area (Å²) in [5.41, 5.74) is 0. The van der Waals surface area contributed by atoms with Crippen molar-refractivity contribution in [1.29, 1.82) is 0 Å². The number of rotatable bonds is 10. The van der Waals surface area contributed by atoms with Gasteiger partial charge in [-0.1, -0.05) is 52.4 Å². The molecule has 126 valence electrons. The Kier molecular flexibility index (Phi) is 14.8. The summed E-state index contributed by atoms with van der Waals surface area (Å²) in [6.45, 7) is 7.21. The number of nitrogens with one attached hydrogen (secondary N) is 1. The summed E-state index contributed by atoms with van der Waals surface area (Å²) in [4.78, 5) is 11.3. The van der Waals surface area contributed by atoms with E-state index >= 15 is 0 Å². The number of carbonyl (C=O) groups excluding carboxylic acids is 1. The summed E-state index contributed by atoms with van der Waals surface area (Å²) >= 11 is 0. The first kappa shape index (κ1) is 20.5. The zero-order valence-corrected chi connectivity index (χ0v) is 14.4. The minimum atomic E-state index is 0.217. The molecule has 0 radical (unpaired) electrons. The average Bonchev–Trinajstić information content (AvgIpc) is 2.57. The monoisotopic (exact) mass is 308 g/mol. The Morgan fingerprint density at radius 2 is 1.77 bits per heavy atom. The molecule has 0 saturated heterocycles. The smallest absolute Gasteiger partial charge is 0.219 e. The molecule has 1 heterocycles. The molecule has 0 aliphatic heterocycles. The second kappa shape index (κ2) is 15.9. The zero-order chi connectivity index (χ0) is 16.5. The van der Waals surface area contributed by atoms with Gasteiger partial charge in [0.15, 0.2) is 0 Å². The van der Waals surface area contributed by atoms with Gasteiger partial charge in [-0.3, -0.25) is 4.79 Å². The summed E-state index contributed by atoms with van der Waals surface area (Å²) in [6, 6.07) is 1.72. The van der Waals surface area contributed by atoms with E-state index in [0.717, 1.165) is 18.9 Å². The van der Waals surface area contributed by atoms with Crippen molar-refractivity contribution in [2.45, 2.75) is 72.1 Å². The molecule has 0 aromatic carbocycles. The Hall–Kier alpha value is -1.52. The molecule has 1 unspecified atom stereocenters. The third-order valence-corrected chi connectivity index (χ3v) is 3.61. The first-order chi connectivity index (χ1) is 10.7. The molecule has 1 aromatic heterocycles. The molecule has 0 fully saturated rings. The summed E-state index contributed by atoms with van der Waals surface area (Å²) in [5, 5.41) is 13.0. The van der Waals surface area contributed by atoms with Gasteiger partial charge in [0.2, 0.25) is 5.91 Å². The summed E-state index contributed by atoms with van der Waals surface area (Å²) in [6.07, 6.45) is 12.8. The van der Waals surface area contributed by atoms with E-state index in [2.05, 4.69) is 34.6 Å². The van der Waals surface area contributed by atoms with Crippen molar-refractivity contribution in [2.75, 3.05) is 6.54 Å². The van der Waals surface area contributed by atoms with Crippen molar-refractivity contribution in [2.24, 2.45) is 5.92 Å². The van der Waals surface area contributed by atoms with Gasteiger partial charge >= 0.3 is 0 Å². The lowest BCUT2D eigenvalue weighted by molar-refractivity contribution is -0.121. The van der Waals surface area contributed by atoms with Crippen LogP contribution in [-0.2, 0) is 4.79 Å². The van der Waals surface area contributed by atoms with E-state index in [4.69, 9.17) is 0 Å². The Bertz CT molecular complexity index is 319. The van der Waals surface area contributed by atoms with Crippen LogP contribution in [0.3, 0.4) is 0 Å². The van der Waals surface area contributed by atoms with Crippen molar-refractivity contribution >= 4 is 5.91 Å². The van der Waals surface area contributed by atoms with Crippen LogP contribution >= 0.6 is 0 Å². The van der Waals surface area contributed by atoms with Crippen molar-refractivity contribution in [3.63, 3.8) is 0 Å². The summed E-state index contributed by atoms with van der Waals surface area (Å²) in [7, 11) is 0. The molecule has 0 saturated carbocycles. The number of unbranched alkanes of at least 4 members (excludes halogenated alkanes) is 3. The summed E-state index contributed by atoms with van der Waals surface area (Å²) < 4.78 is 0. The maximum Gasteiger partial charge on any atom is 0.219 e. The number of aromatic nitrogens is 3. The normalized spacial score (nSPS) is 11.2. The molecule has 1 rings (SSSR count). The van der Waals surface area contributed by atoms with Gasteiger partial charge in [-0.05, 0) is 30.5 Å². The van der Waals surface area contributed by atoms with Crippen LogP contribution in [-0.4, -0.2) is 27.9 Å². The van der Waals surface area contributed by atoms with E-state index in [9.17, 15) is 4.79 Å². The highest BCUT2D eigenvalue weighted by Gasteiger charge is 2.08. The number of carbonyl (C=O) groups is 1. The number of hydrogen-bond acceptors (Lipinski definition) is 4. The molecule has 0 spiro atoms. The van der Waals surface area contributed by atoms with Gasteiger partial charge in [-0.15, -0.1) is 10.2 Å². The van der Waals surface area contributed by atoms with Gasteiger partial charge in [0.1, 0.15) is 0 Å². The van der Waals surface area contributed by atoms with Gasteiger partial charge in [-0.25, -0.2) is 0 Å². The summed E-state index contributed by atoms with van der Waals surface area (Å²) in [5.74, 6) is 0.967. The van der Waals surface area contributed by atoms with Crippen LogP contribution in [0.2, 0.25) is 0 Å². The largest absolute Gasteiger partial charge is 0.356 e. The maximum absolute atomic E-state index is 11.3. The molecule has 1 atom stereocenters. The molecule has 0 aliphatic carbocycles. The minimum Gasteiger partial charge on any atom is -0.356 e. The topological polar surface area (TPSA) is 67.8 Å². The zero-order valence-electron chi connectivity index (χ0n) is 14.4. The fraction of sp³-hybridized carbons (Fsp3) is 0.765. The predicted octanol–water partition coefficient (Wildman–Crippen LogP) is 3.77. The Labute approximate surface area is 135 Å². The Morgan fingerprint density at radius 3 is 2.23 bits per heavy atom. The van der Waals surface area contributed by atoms with E-state index in [1.807, 2.05) is 6.92 Å². The van der Waals surface area contributed by atoms with Crippen molar-refractivity contribution < 1.29 is 4.79 Å². The van der Waals surface area contributed by atoms with Gasteiger partial charge < -0.3 is 5.32 Å². The lowest BCUT2D eigenvalue weighted by atomic mass is 9.93. The highest BCUT2D eigenvalue weighted by atomic mass is 16.1. The molecular weight excluding hydrogens is 276 g/mol. The first-order valence-corrected chi connectivity index (χ1v) is 8.59. The second-order valence-corrected chi connectivity index (χ2v) is 5.43. The molecule has 5 heteroatoms. The molecule has 1 N–H and O–H groups in total. The van der Waals surface area contributed by atoms with Crippen LogP contribution < -0.4 is 5.32 Å². The standard InChI is InChI=1S/C14H29NO.C3H3N3/c1-4-7-8-9-10-13(5-2)11-12-14(16)15-6-3;1-2-4-6-5-3-1/h13H,4-12H2,1-3H3,(H,15,16);1-3H. The van der Waals surface area contributed by atoms with Crippen LogP contribution in [0.1, 0.15) is 72.1 Å². The Morgan fingerprint density at radius 1 is 1.05 bits per heavy atom. The van der Waals surface area contributed by atoms with Crippen molar-refractivity contribution in [3.8, 4) is 0 Å². The Balaban J connectivity index is 0.000000604. The molecule has 0 bridgehead atoms. The quantitative estimate of drug-likeness (QED) is 0.668. The number of nitrogens with zero attached hydrogens (tertiary/aromatic N) is 3. The lowest BCUT2D eigenvalue weighted by Gasteiger charge is -2.14. The second-order valence-electron chi connectivity index (χ2n) is 5.43. The highest BCUT2D eigenvalue weighted by Crippen LogP contribution is 2.19. The van der Waals surface area contributed by atoms with Gasteiger partial charge in [-0.2, -0.15) is 0 Å². The van der Waals surface area contributed by atoms with Crippen LogP contribution in [0, 0.1) is 5.92 Å². The van der Waals surface area contributed by atoms with Crippen molar-refractivity contribution in [3.05, 3.63) is 18.5 Å². The lowest BCUT2D eigenvalue weighted by Crippen LogP contribution is -2.23. The predicted molar refractivity (Wildman–Crippen MR) is 90.3 cm³/mol. The molecule has 1 aromatic rings.